The molecule has 9 nitrogen and oxygen atoms in total. The maximum Gasteiger partial charge on any atom is 0.243 e. The van der Waals surface area contributed by atoms with Crippen LogP contribution in [-0.2, 0) is 26.6 Å². The Morgan fingerprint density at radius 1 is 1.15 bits per heavy atom. The Labute approximate surface area is 201 Å². The third-order valence-corrected chi connectivity index (χ3v) is 8.28. The van der Waals surface area contributed by atoms with E-state index in [0.29, 0.717) is 48.5 Å². The first-order valence-corrected chi connectivity index (χ1v) is 12.9. The highest BCUT2D eigenvalue weighted by Gasteiger charge is 2.27. The SMILES string of the molecule is Cc1ccc(S(=O)(=O)N2CCOCC2)cc1NC(=O)CSc1nnc(-c2ccc(F)cc2)n1C. The van der Waals surface area contributed by atoms with Crippen LogP contribution in [0.4, 0.5) is 10.1 Å². The van der Waals surface area contributed by atoms with E-state index in [-0.39, 0.29) is 22.4 Å². The molecule has 1 aliphatic heterocycles. The summed E-state index contributed by atoms with van der Waals surface area (Å²) in [5, 5.41) is 11.6. The van der Waals surface area contributed by atoms with Gasteiger partial charge >= 0.3 is 0 Å². The van der Waals surface area contributed by atoms with Crippen molar-refractivity contribution >= 4 is 33.4 Å². The minimum absolute atomic E-state index is 0.0509. The summed E-state index contributed by atoms with van der Waals surface area (Å²) in [7, 11) is -1.91. The number of sulfonamides is 1. The number of aromatic nitrogens is 3. The molecule has 0 unspecified atom stereocenters. The smallest absolute Gasteiger partial charge is 0.243 e. The molecule has 4 rings (SSSR count). The number of ether oxygens (including phenoxy) is 1. The summed E-state index contributed by atoms with van der Waals surface area (Å²) < 4.78 is 47.4. The number of rotatable bonds is 7. The lowest BCUT2D eigenvalue weighted by atomic mass is 10.2. The quantitative estimate of drug-likeness (QED) is 0.492. The number of morpholine rings is 1. The second-order valence-electron chi connectivity index (χ2n) is 7.70. The van der Waals surface area contributed by atoms with Gasteiger partial charge < -0.3 is 14.6 Å². The van der Waals surface area contributed by atoms with E-state index >= 15 is 0 Å². The van der Waals surface area contributed by atoms with E-state index < -0.39 is 10.0 Å². The van der Waals surface area contributed by atoms with E-state index in [2.05, 4.69) is 15.5 Å². The zero-order chi connectivity index (χ0) is 24.3. The summed E-state index contributed by atoms with van der Waals surface area (Å²) in [6.45, 7) is 3.11. The van der Waals surface area contributed by atoms with Gasteiger partial charge in [-0.15, -0.1) is 10.2 Å². The predicted molar refractivity (Wildman–Crippen MR) is 127 cm³/mol. The van der Waals surface area contributed by atoms with E-state index in [1.54, 1.807) is 42.8 Å². The fourth-order valence-electron chi connectivity index (χ4n) is 3.44. The first-order chi connectivity index (χ1) is 16.3. The highest BCUT2D eigenvalue weighted by atomic mass is 32.2. The molecule has 0 aliphatic carbocycles. The van der Waals surface area contributed by atoms with Crippen LogP contribution >= 0.6 is 11.8 Å². The lowest BCUT2D eigenvalue weighted by Gasteiger charge is -2.26. The third kappa shape index (κ3) is 5.30. The fourth-order valence-corrected chi connectivity index (χ4v) is 5.59. The maximum atomic E-state index is 13.2. The lowest BCUT2D eigenvalue weighted by molar-refractivity contribution is -0.113. The minimum atomic E-state index is -3.67. The van der Waals surface area contributed by atoms with Crippen LogP contribution in [0.2, 0.25) is 0 Å². The molecule has 0 atom stereocenters. The van der Waals surface area contributed by atoms with E-state index in [1.165, 1.54) is 34.3 Å². The van der Waals surface area contributed by atoms with E-state index in [4.69, 9.17) is 4.74 Å². The number of anilines is 1. The van der Waals surface area contributed by atoms with Gasteiger partial charge in [-0.2, -0.15) is 4.31 Å². The van der Waals surface area contributed by atoms with Crippen LogP contribution in [0.3, 0.4) is 0 Å². The summed E-state index contributed by atoms with van der Waals surface area (Å²) in [5.41, 5.74) is 1.89. The Balaban J connectivity index is 1.43. The zero-order valence-corrected chi connectivity index (χ0v) is 20.3. The van der Waals surface area contributed by atoms with Gasteiger partial charge in [-0.3, -0.25) is 4.79 Å². The molecule has 180 valence electrons. The number of benzene rings is 2. The molecule has 0 radical (unpaired) electrons. The summed E-state index contributed by atoms with van der Waals surface area (Å²) in [4.78, 5) is 12.7. The second kappa shape index (κ2) is 10.2. The van der Waals surface area contributed by atoms with Gasteiger partial charge in [0.15, 0.2) is 11.0 Å². The summed E-state index contributed by atoms with van der Waals surface area (Å²) >= 11 is 1.19. The van der Waals surface area contributed by atoms with Gasteiger partial charge in [-0.25, -0.2) is 12.8 Å². The molecule has 1 aliphatic rings. The highest BCUT2D eigenvalue weighted by molar-refractivity contribution is 7.99. The molecular weight excluding hydrogens is 481 g/mol. The molecule has 0 saturated carbocycles. The molecule has 1 fully saturated rings. The molecule has 1 aromatic heterocycles. The van der Waals surface area contributed by atoms with Crippen LogP contribution < -0.4 is 5.32 Å². The summed E-state index contributed by atoms with van der Waals surface area (Å²) in [6.07, 6.45) is 0. The van der Waals surface area contributed by atoms with Crippen molar-refractivity contribution in [2.75, 3.05) is 37.4 Å². The van der Waals surface area contributed by atoms with Gasteiger partial charge in [-0.1, -0.05) is 17.8 Å². The number of carbonyl (C=O) groups excluding carboxylic acids is 1. The van der Waals surface area contributed by atoms with Crippen molar-refractivity contribution in [2.45, 2.75) is 17.0 Å². The molecule has 2 aromatic carbocycles. The normalized spacial score (nSPS) is 14.8. The van der Waals surface area contributed by atoms with Crippen molar-refractivity contribution in [3.8, 4) is 11.4 Å². The number of aryl methyl sites for hydroxylation is 1. The number of hydrogen-bond donors (Lipinski definition) is 1. The van der Waals surface area contributed by atoms with Gasteiger partial charge in [0.05, 0.1) is 23.9 Å². The van der Waals surface area contributed by atoms with Crippen LogP contribution in [0.15, 0.2) is 52.5 Å². The van der Waals surface area contributed by atoms with Gasteiger partial charge in [0.1, 0.15) is 5.82 Å². The Bertz CT molecular complexity index is 1290. The number of nitrogens with one attached hydrogen (secondary N) is 1. The Hall–Kier alpha value is -2.80. The van der Waals surface area contributed by atoms with Gasteiger partial charge in [0, 0.05) is 31.4 Å². The Morgan fingerprint density at radius 3 is 2.56 bits per heavy atom. The first kappa shape index (κ1) is 24.3. The fraction of sp³-hybridized carbons (Fsp3) is 0.318. The number of nitrogens with zero attached hydrogens (tertiary/aromatic N) is 4. The molecule has 1 N–H and O–H groups in total. The second-order valence-corrected chi connectivity index (χ2v) is 10.6. The average molecular weight is 506 g/mol. The van der Waals surface area contributed by atoms with Crippen molar-refractivity contribution in [1.29, 1.82) is 0 Å². The van der Waals surface area contributed by atoms with Crippen molar-refractivity contribution in [3.05, 3.63) is 53.8 Å². The van der Waals surface area contributed by atoms with E-state index in [9.17, 15) is 17.6 Å². The zero-order valence-electron chi connectivity index (χ0n) is 18.7. The summed E-state index contributed by atoms with van der Waals surface area (Å²) in [5.74, 6) is -0.0376. The number of carbonyl (C=O) groups is 1. The molecule has 1 amide bonds. The average Bonchev–Trinajstić information content (AvgIpc) is 3.20. The predicted octanol–water partition coefficient (Wildman–Crippen LogP) is 2.68. The highest BCUT2D eigenvalue weighted by Crippen LogP contribution is 2.25. The van der Waals surface area contributed by atoms with Crippen LogP contribution in [0.1, 0.15) is 5.56 Å². The molecule has 3 aromatic rings. The lowest BCUT2D eigenvalue weighted by Crippen LogP contribution is -2.40. The van der Waals surface area contributed by atoms with Crippen LogP contribution in [0.25, 0.3) is 11.4 Å². The third-order valence-electron chi connectivity index (χ3n) is 5.36. The van der Waals surface area contributed by atoms with Crippen molar-refractivity contribution in [3.63, 3.8) is 0 Å². The van der Waals surface area contributed by atoms with Crippen LogP contribution in [0, 0.1) is 12.7 Å². The van der Waals surface area contributed by atoms with Crippen LogP contribution in [0.5, 0.6) is 0 Å². The number of hydrogen-bond acceptors (Lipinski definition) is 7. The largest absolute Gasteiger partial charge is 0.379 e. The molecule has 0 bridgehead atoms. The van der Waals surface area contributed by atoms with Crippen molar-refractivity contribution in [2.24, 2.45) is 7.05 Å². The number of amides is 1. The van der Waals surface area contributed by atoms with Crippen molar-refractivity contribution < 1.29 is 22.3 Å². The van der Waals surface area contributed by atoms with Gasteiger partial charge in [0.25, 0.3) is 0 Å². The van der Waals surface area contributed by atoms with E-state index in [0.717, 1.165) is 5.56 Å². The molecule has 1 saturated heterocycles. The molecule has 34 heavy (non-hydrogen) atoms. The van der Waals surface area contributed by atoms with Crippen molar-refractivity contribution in [1.82, 2.24) is 19.1 Å². The molecular formula is C22H24FN5O4S2. The molecule has 12 heteroatoms. The summed E-state index contributed by atoms with van der Waals surface area (Å²) in [6, 6.07) is 10.6. The minimum Gasteiger partial charge on any atom is -0.379 e. The van der Waals surface area contributed by atoms with E-state index in [1.807, 2.05) is 0 Å². The number of thioether (sulfide) groups is 1. The topological polar surface area (TPSA) is 106 Å². The maximum absolute atomic E-state index is 13.2. The Kier molecular flexibility index (Phi) is 7.31. The van der Waals surface area contributed by atoms with Gasteiger partial charge in [0.2, 0.25) is 15.9 Å². The van der Waals surface area contributed by atoms with Crippen LogP contribution in [-0.4, -0.2) is 65.5 Å². The molecule has 0 spiro atoms. The first-order valence-electron chi connectivity index (χ1n) is 10.5. The number of halogens is 1. The van der Waals surface area contributed by atoms with Gasteiger partial charge in [-0.05, 0) is 48.9 Å². The standard InChI is InChI=1S/C22H24FN5O4S2/c1-15-3-8-18(34(30,31)28-9-11-32-12-10-28)13-19(15)24-20(29)14-33-22-26-25-21(27(22)2)16-4-6-17(23)7-5-16/h3-8,13H,9-12,14H2,1-2H3,(H,24,29). The molecule has 2 heterocycles. The monoisotopic (exact) mass is 505 g/mol. The Morgan fingerprint density at radius 2 is 1.85 bits per heavy atom.